The van der Waals surface area contributed by atoms with E-state index in [-0.39, 0.29) is 54.6 Å². The summed E-state index contributed by atoms with van der Waals surface area (Å²) in [5, 5.41) is 6.70. The molecule has 2 aliphatic heterocycles. The zero-order valence-electron chi connectivity index (χ0n) is 27.4. The van der Waals surface area contributed by atoms with E-state index >= 15 is 0 Å². The lowest BCUT2D eigenvalue weighted by atomic mass is 10.0. The van der Waals surface area contributed by atoms with E-state index in [0.717, 1.165) is 16.5 Å². The smallest absolute Gasteiger partial charge is 0.257 e. The quantitative estimate of drug-likeness (QED) is 0.391. The lowest BCUT2D eigenvalue weighted by Gasteiger charge is -2.32. The molecule has 2 aromatic carbocycles. The first-order valence-electron chi connectivity index (χ1n) is 16.6. The van der Waals surface area contributed by atoms with Gasteiger partial charge in [-0.05, 0) is 61.8 Å². The number of halogens is 1. The number of fused-ring (bicyclic) bond motifs is 4. The summed E-state index contributed by atoms with van der Waals surface area (Å²) in [7, 11) is 0. The van der Waals surface area contributed by atoms with Gasteiger partial charge in [0.1, 0.15) is 18.4 Å². The number of hydrogen-bond donors (Lipinski definition) is 2. The van der Waals surface area contributed by atoms with Crippen LogP contribution in [0.5, 0.6) is 0 Å². The normalized spacial score (nSPS) is 19.8. The second kappa shape index (κ2) is 14.9. The fourth-order valence-electron chi connectivity index (χ4n) is 6.48. The number of aryl methyl sites for hydroxylation is 1. The van der Waals surface area contributed by atoms with Gasteiger partial charge in [-0.2, -0.15) is 0 Å². The Bertz CT molecular complexity index is 1670. The van der Waals surface area contributed by atoms with Gasteiger partial charge in [0, 0.05) is 54.8 Å². The van der Waals surface area contributed by atoms with Gasteiger partial charge < -0.3 is 25.0 Å². The number of aromatic nitrogens is 1. The summed E-state index contributed by atoms with van der Waals surface area (Å²) in [4.78, 5) is 70.2. The minimum Gasteiger partial charge on any atom is -0.355 e. The first-order chi connectivity index (χ1) is 22.6. The molecule has 0 aliphatic carbocycles. The summed E-state index contributed by atoms with van der Waals surface area (Å²) in [6, 6.07) is 10.6. The Morgan fingerprint density at radius 3 is 2.62 bits per heavy atom. The van der Waals surface area contributed by atoms with E-state index in [1.54, 1.807) is 16.8 Å². The molecule has 2 aliphatic rings. The number of hydrogen-bond acceptors (Lipinski definition) is 5. The number of Topliss-reactive ketones (excluding diaryl/α,β-unsaturated/α-hetero) is 1. The molecule has 250 valence electrons. The molecule has 4 amide bonds. The van der Waals surface area contributed by atoms with Crippen molar-refractivity contribution in [2.45, 2.75) is 77.9 Å². The maximum atomic E-state index is 14.9. The van der Waals surface area contributed by atoms with Crippen molar-refractivity contribution < 1.29 is 28.4 Å². The van der Waals surface area contributed by atoms with Crippen molar-refractivity contribution in [2.75, 3.05) is 26.2 Å². The predicted molar refractivity (Wildman–Crippen MR) is 176 cm³/mol. The molecular formula is C36H44FN5O5. The first kappa shape index (κ1) is 33.8. The Kier molecular flexibility index (Phi) is 10.7. The van der Waals surface area contributed by atoms with Gasteiger partial charge in [-0.25, -0.2) is 4.39 Å². The third-order valence-corrected chi connectivity index (χ3v) is 9.15. The number of nitrogens with zero attached hydrogens (tertiary/aromatic N) is 3. The lowest BCUT2D eigenvalue weighted by Crippen LogP contribution is -2.55. The van der Waals surface area contributed by atoms with Gasteiger partial charge in [-0.1, -0.05) is 45.0 Å². The Morgan fingerprint density at radius 2 is 1.85 bits per heavy atom. The average Bonchev–Trinajstić information content (AvgIpc) is 3.68. The molecule has 0 radical (unpaired) electrons. The summed E-state index contributed by atoms with van der Waals surface area (Å²) in [5.74, 6) is -2.32. The second-order valence-electron chi connectivity index (χ2n) is 12.9. The van der Waals surface area contributed by atoms with Gasteiger partial charge >= 0.3 is 0 Å². The SMILES string of the molecule is CCCC(=O)c1cn(CC(=O)N2CC(=O)NCCCc3ccc(F)c(c3)C(=O)N3CCC[C@H]3C(=O)N[C@H](C(C)C)C2)c2ccccc12. The zero-order chi connectivity index (χ0) is 33.7. The Balaban J connectivity index is 1.43. The highest BCUT2D eigenvalue weighted by Gasteiger charge is 2.37. The molecule has 0 spiro atoms. The van der Waals surface area contributed by atoms with Gasteiger partial charge in [0.15, 0.2) is 5.78 Å². The summed E-state index contributed by atoms with van der Waals surface area (Å²) in [6.07, 6.45) is 4.91. The van der Waals surface area contributed by atoms with Gasteiger partial charge in [-0.3, -0.25) is 24.0 Å². The van der Waals surface area contributed by atoms with Crippen LogP contribution in [0, 0.1) is 11.7 Å². The second-order valence-corrected chi connectivity index (χ2v) is 12.9. The molecule has 1 aromatic heterocycles. The molecule has 5 rings (SSSR count). The van der Waals surface area contributed by atoms with Gasteiger partial charge in [0.2, 0.25) is 17.7 Å². The van der Waals surface area contributed by atoms with E-state index in [2.05, 4.69) is 10.6 Å². The van der Waals surface area contributed by atoms with Crippen LogP contribution in [0.2, 0.25) is 0 Å². The number of amides is 4. The Morgan fingerprint density at radius 1 is 1.06 bits per heavy atom. The van der Waals surface area contributed by atoms with Gasteiger partial charge in [-0.15, -0.1) is 0 Å². The van der Waals surface area contributed by atoms with Crippen molar-refractivity contribution in [1.82, 2.24) is 25.0 Å². The fourth-order valence-corrected chi connectivity index (χ4v) is 6.48. The summed E-state index contributed by atoms with van der Waals surface area (Å²) in [6.45, 7) is 6.19. The monoisotopic (exact) mass is 645 g/mol. The van der Waals surface area contributed by atoms with Crippen molar-refractivity contribution in [3.8, 4) is 0 Å². The third kappa shape index (κ3) is 7.72. The minimum atomic E-state index is -0.778. The van der Waals surface area contributed by atoms with Crippen LogP contribution in [0.4, 0.5) is 4.39 Å². The number of carbonyl (C=O) groups is 5. The number of carbonyl (C=O) groups excluding carboxylic acids is 5. The van der Waals surface area contributed by atoms with Crippen LogP contribution in [0.25, 0.3) is 10.9 Å². The standard InChI is InChI=1S/C36H44FN5O5/c1-4-9-32(43)27-19-40(30-12-6-5-11-25(27)30)22-34(45)41-20-29(23(2)3)39-35(46)31-13-8-17-42(31)36(47)26-18-24(14-15-28(26)37)10-7-16-38-33(44)21-41/h5-6,11-12,14-15,18-19,23,29,31H,4,7-10,13,16-17,20-22H2,1-3H3,(H,38,44)(H,39,46)/t29-,31-/m0/s1. The van der Waals surface area contributed by atoms with Crippen molar-refractivity contribution >= 4 is 40.3 Å². The Labute approximate surface area is 274 Å². The molecule has 3 aromatic rings. The molecule has 1 saturated heterocycles. The molecule has 2 bridgehead atoms. The number of para-hydroxylation sites is 1. The molecular weight excluding hydrogens is 601 g/mol. The van der Waals surface area contributed by atoms with E-state index in [1.807, 2.05) is 45.0 Å². The topological polar surface area (TPSA) is 121 Å². The predicted octanol–water partition coefficient (Wildman–Crippen LogP) is 4.10. The van der Waals surface area contributed by atoms with Crippen LogP contribution in [-0.4, -0.2) is 82.0 Å². The summed E-state index contributed by atoms with van der Waals surface area (Å²) >= 11 is 0. The molecule has 3 heterocycles. The van der Waals surface area contributed by atoms with Crippen LogP contribution in [-0.2, 0) is 27.3 Å². The van der Waals surface area contributed by atoms with Crippen molar-refractivity contribution in [3.05, 3.63) is 71.2 Å². The molecule has 47 heavy (non-hydrogen) atoms. The number of nitrogens with one attached hydrogen (secondary N) is 2. The summed E-state index contributed by atoms with van der Waals surface area (Å²) < 4.78 is 16.6. The zero-order valence-corrected chi connectivity index (χ0v) is 27.4. The van der Waals surface area contributed by atoms with Gasteiger partial charge in [0.05, 0.1) is 12.1 Å². The fraction of sp³-hybridized carbons (Fsp3) is 0.472. The summed E-state index contributed by atoms with van der Waals surface area (Å²) in [5.41, 5.74) is 1.99. The highest BCUT2D eigenvalue weighted by molar-refractivity contribution is 6.08. The van der Waals surface area contributed by atoms with Crippen LogP contribution < -0.4 is 10.6 Å². The molecule has 0 saturated carbocycles. The lowest BCUT2D eigenvalue weighted by molar-refractivity contribution is -0.137. The molecule has 1 fully saturated rings. The van der Waals surface area contributed by atoms with Crippen molar-refractivity contribution in [1.29, 1.82) is 0 Å². The highest BCUT2D eigenvalue weighted by atomic mass is 19.1. The van der Waals surface area contributed by atoms with Crippen LogP contribution >= 0.6 is 0 Å². The van der Waals surface area contributed by atoms with E-state index in [1.165, 1.54) is 21.9 Å². The molecule has 11 heteroatoms. The third-order valence-electron chi connectivity index (χ3n) is 9.15. The van der Waals surface area contributed by atoms with Crippen LogP contribution in [0.1, 0.15) is 79.2 Å². The number of rotatable bonds is 6. The van der Waals surface area contributed by atoms with E-state index in [4.69, 9.17) is 0 Å². The number of benzene rings is 2. The number of ketones is 1. The first-order valence-corrected chi connectivity index (χ1v) is 16.6. The average molecular weight is 646 g/mol. The van der Waals surface area contributed by atoms with E-state index in [9.17, 15) is 28.4 Å². The van der Waals surface area contributed by atoms with E-state index in [0.29, 0.717) is 57.2 Å². The van der Waals surface area contributed by atoms with Crippen LogP contribution in [0.15, 0.2) is 48.7 Å². The molecule has 2 N–H and O–H groups in total. The largest absolute Gasteiger partial charge is 0.355 e. The van der Waals surface area contributed by atoms with Crippen LogP contribution in [0.3, 0.4) is 0 Å². The van der Waals surface area contributed by atoms with E-state index < -0.39 is 23.8 Å². The maximum Gasteiger partial charge on any atom is 0.257 e. The van der Waals surface area contributed by atoms with Crippen molar-refractivity contribution in [3.63, 3.8) is 0 Å². The van der Waals surface area contributed by atoms with Crippen molar-refractivity contribution in [2.24, 2.45) is 5.92 Å². The molecule has 2 atom stereocenters. The molecule has 0 unspecified atom stereocenters. The Hall–Kier alpha value is -4.54. The maximum absolute atomic E-state index is 14.9. The van der Waals surface area contributed by atoms with Gasteiger partial charge in [0.25, 0.3) is 5.91 Å². The minimum absolute atomic E-state index is 0.00585. The molecule has 10 nitrogen and oxygen atoms in total. The highest BCUT2D eigenvalue weighted by Crippen LogP contribution is 2.25.